The van der Waals surface area contributed by atoms with Gasteiger partial charge in [-0.25, -0.2) is 4.98 Å². The zero-order valence-electron chi connectivity index (χ0n) is 15.0. The van der Waals surface area contributed by atoms with Gasteiger partial charge in [-0.05, 0) is 30.7 Å². The molecule has 7 heteroatoms. The molecule has 0 aliphatic rings. The van der Waals surface area contributed by atoms with E-state index in [-0.39, 0.29) is 18.4 Å². The molecular formula is C20H19N3O3S. The molecule has 3 aromatic rings. The molecule has 3 rings (SSSR count). The predicted molar refractivity (Wildman–Crippen MR) is 107 cm³/mol. The number of amides is 2. The van der Waals surface area contributed by atoms with Crippen molar-refractivity contribution in [1.82, 2.24) is 4.98 Å². The van der Waals surface area contributed by atoms with Gasteiger partial charge >= 0.3 is 0 Å². The Morgan fingerprint density at radius 2 is 1.81 bits per heavy atom. The molecular weight excluding hydrogens is 362 g/mol. The lowest BCUT2D eigenvalue weighted by atomic mass is 10.1. The number of aromatic nitrogens is 1. The van der Waals surface area contributed by atoms with Gasteiger partial charge in [-0.3, -0.25) is 14.9 Å². The van der Waals surface area contributed by atoms with Gasteiger partial charge in [-0.2, -0.15) is 0 Å². The average molecular weight is 381 g/mol. The molecule has 138 valence electrons. The summed E-state index contributed by atoms with van der Waals surface area (Å²) in [5, 5.41) is 7.84. The van der Waals surface area contributed by atoms with Crippen molar-refractivity contribution in [3.63, 3.8) is 0 Å². The minimum absolute atomic E-state index is 0.0782. The van der Waals surface area contributed by atoms with E-state index in [1.165, 1.54) is 18.3 Å². The second-order valence-corrected chi connectivity index (χ2v) is 6.76. The van der Waals surface area contributed by atoms with Crippen molar-refractivity contribution in [2.75, 3.05) is 17.2 Å². The maximum atomic E-state index is 12.1. The quantitative estimate of drug-likeness (QED) is 0.674. The van der Waals surface area contributed by atoms with Crippen molar-refractivity contribution >= 4 is 34.0 Å². The zero-order valence-corrected chi connectivity index (χ0v) is 15.8. The first-order valence-corrected chi connectivity index (χ1v) is 9.21. The van der Waals surface area contributed by atoms with E-state index in [1.807, 2.05) is 60.8 Å². The highest BCUT2D eigenvalue weighted by Crippen LogP contribution is 2.26. The molecule has 0 unspecified atom stereocenters. The number of hydrogen-bond acceptors (Lipinski definition) is 5. The van der Waals surface area contributed by atoms with Crippen molar-refractivity contribution in [3.05, 3.63) is 59.5 Å². The lowest BCUT2D eigenvalue weighted by Gasteiger charge is -2.08. The Balaban J connectivity index is 1.58. The number of ether oxygens (including phenoxy) is 1. The maximum Gasteiger partial charge on any atom is 0.264 e. The molecule has 0 saturated heterocycles. The third-order valence-electron chi connectivity index (χ3n) is 3.70. The molecule has 1 aromatic heterocycles. The van der Waals surface area contributed by atoms with Gasteiger partial charge in [0.25, 0.3) is 5.91 Å². The molecule has 0 saturated carbocycles. The van der Waals surface area contributed by atoms with Crippen LogP contribution in [0.5, 0.6) is 5.75 Å². The summed E-state index contributed by atoms with van der Waals surface area (Å²) in [6, 6.07) is 14.9. The number of nitrogens with one attached hydrogen (secondary N) is 2. The Labute approximate surface area is 161 Å². The van der Waals surface area contributed by atoms with Crippen LogP contribution in [0, 0.1) is 6.92 Å². The molecule has 0 fully saturated rings. The number of benzene rings is 2. The van der Waals surface area contributed by atoms with Crippen molar-refractivity contribution < 1.29 is 14.3 Å². The molecule has 0 spiro atoms. The van der Waals surface area contributed by atoms with Crippen molar-refractivity contribution in [2.45, 2.75) is 13.8 Å². The van der Waals surface area contributed by atoms with Gasteiger partial charge in [-0.15, -0.1) is 11.3 Å². The summed E-state index contributed by atoms with van der Waals surface area (Å²) in [5.74, 6) is 0.307. The van der Waals surface area contributed by atoms with Gasteiger partial charge in [0.05, 0.1) is 5.69 Å². The van der Waals surface area contributed by atoms with E-state index in [0.29, 0.717) is 10.9 Å². The Kier molecular flexibility index (Phi) is 5.83. The first-order valence-electron chi connectivity index (χ1n) is 8.33. The van der Waals surface area contributed by atoms with Crippen LogP contribution in [0.15, 0.2) is 53.9 Å². The normalized spacial score (nSPS) is 10.3. The average Bonchev–Trinajstić information content (AvgIpc) is 3.09. The van der Waals surface area contributed by atoms with E-state index in [2.05, 4.69) is 15.6 Å². The number of hydrogen-bond donors (Lipinski definition) is 2. The van der Waals surface area contributed by atoms with Crippen LogP contribution in [0.4, 0.5) is 10.8 Å². The van der Waals surface area contributed by atoms with Crippen LogP contribution in [-0.4, -0.2) is 23.4 Å². The topological polar surface area (TPSA) is 80.3 Å². The van der Waals surface area contributed by atoms with Crippen LogP contribution in [0.3, 0.4) is 0 Å². The van der Waals surface area contributed by atoms with Gasteiger partial charge in [0.2, 0.25) is 5.91 Å². The number of anilines is 2. The van der Waals surface area contributed by atoms with E-state index in [1.54, 1.807) is 0 Å². The van der Waals surface area contributed by atoms with Crippen molar-refractivity contribution in [1.29, 1.82) is 0 Å². The van der Waals surface area contributed by atoms with Gasteiger partial charge in [0, 0.05) is 23.6 Å². The summed E-state index contributed by atoms with van der Waals surface area (Å²) in [6.07, 6.45) is 0. The second-order valence-electron chi connectivity index (χ2n) is 5.90. The summed E-state index contributed by atoms with van der Waals surface area (Å²) >= 11 is 1.34. The molecule has 0 aliphatic carbocycles. The SMILES string of the molecule is CC(=O)Nc1ccc(-c2csc(NC(=O)COc3ccccc3C)n2)cc1. The number of rotatable bonds is 6. The molecule has 2 N–H and O–H groups in total. The number of thiazole rings is 1. The zero-order chi connectivity index (χ0) is 19.2. The summed E-state index contributed by atoms with van der Waals surface area (Å²) < 4.78 is 5.54. The van der Waals surface area contributed by atoms with Crippen LogP contribution < -0.4 is 15.4 Å². The Morgan fingerprint density at radius 3 is 2.52 bits per heavy atom. The Morgan fingerprint density at radius 1 is 1.07 bits per heavy atom. The largest absolute Gasteiger partial charge is 0.483 e. The van der Waals surface area contributed by atoms with Gasteiger partial charge < -0.3 is 10.1 Å². The van der Waals surface area contributed by atoms with Crippen LogP contribution >= 0.6 is 11.3 Å². The number of nitrogens with zero attached hydrogens (tertiary/aromatic N) is 1. The van der Waals surface area contributed by atoms with E-state index in [9.17, 15) is 9.59 Å². The van der Waals surface area contributed by atoms with Crippen molar-refractivity contribution in [3.8, 4) is 17.0 Å². The van der Waals surface area contributed by atoms with E-state index >= 15 is 0 Å². The van der Waals surface area contributed by atoms with Crippen LogP contribution in [0.1, 0.15) is 12.5 Å². The van der Waals surface area contributed by atoms with Gasteiger partial charge in [0.15, 0.2) is 11.7 Å². The summed E-state index contributed by atoms with van der Waals surface area (Å²) in [6.45, 7) is 3.31. The minimum atomic E-state index is -0.264. The second kappa shape index (κ2) is 8.46. The molecule has 0 atom stereocenters. The standard InChI is InChI=1S/C20H19N3O3S/c1-13-5-3-4-6-18(13)26-11-19(25)23-20-22-17(12-27-20)15-7-9-16(10-8-15)21-14(2)24/h3-10,12H,11H2,1-2H3,(H,21,24)(H,22,23,25). The fourth-order valence-electron chi connectivity index (χ4n) is 2.41. The Hall–Kier alpha value is -3.19. The highest BCUT2D eigenvalue weighted by molar-refractivity contribution is 7.14. The smallest absolute Gasteiger partial charge is 0.264 e. The lowest BCUT2D eigenvalue weighted by Crippen LogP contribution is -2.20. The molecule has 0 radical (unpaired) electrons. The monoisotopic (exact) mass is 381 g/mol. The first kappa shape index (κ1) is 18.6. The Bertz CT molecular complexity index is 951. The number of carbonyl (C=O) groups excluding carboxylic acids is 2. The fraction of sp³-hybridized carbons (Fsp3) is 0.150. The van der Waals surface area contributed by atoms with Crippen molar-refractivity contribution in [2.24, 2.45) is 0 Å². The number of aryl methyl sites for hydroxylation is 1. The van der Waals surface area contributed by atoms with E-state index < -0.39 is 0 Å². The highest BCUT2D eigenvalue weighted by Gasteiger charge is 2.09. The van der Waals surface area contributed by atoms with E-state index in [0.717, 1.165) is 22.5 Å². The van der Waals surface area contributed by atoms with Gasteiger partial charge in [0.1, 0.15) is 5.75 Å². The molecule has 27 heavy (non-hydrogen) atoms. The predicted octanol–water partition coefficient (Wildman–Crippen LogP) is 4.09. The molecule has 0 bridgehead atoms. The molecule has 6 nitrogen and oxygen atoms in total. The fourth-order valence-corrected chi connectivity index (χ4v) is 3.14. The number of para-hydroxylation sites is 1. The lowest BCUT2D eigenvalue weighted by molar-refractivity contribution is -0.118. The maximum absolute atomic E-state index is 12.1. The minimum Gasteiger partial charge on any atom is -0.483 e. The van der Waals surface area contributed by atoms with Crippen LogP contribution in [-0.2, 0) is 9.59 Å². The summed E-state index contributed by atoms with van der Waals surface area (Å²) in [5.41, 5.74) is 3.36. The molecule has 0 aliphatic heterocycles. The molecule has 1 heterocycles. The van der Waals surface area contributed by atoms with Crippen LogP contribution in [0.25, 0.3) is 11.3 Å². The molecule has 2 amide bonds. The number of carbonyl (C=O) groups is 2. The van der Waals surface area contributed by atoms with E-state index in [4.69, 9.17) is 4.74 Å². The first-order chi connectivity index (χ1) is 13.0. The van der Waals surface area contributed by atoms with Gasteiger partial charge in [-0.1, -0.05) is 30.3 Å². The summed E-state index contributed by atoms with van der Waals surface area (Å²) in [7, 11) is 0. The third-order valence-corrected chi connectivity index (χ3v) is 4.46. The van der Waals surface area contributed by atoms with Crippen LogP contribution in [0.2, 0.25) is 0 Å². The highest BCUT2D eigenvalue weighted by atomic mass is 32.1. The third kappa shape index (κ3) is 5.15. The molecule has 2 aromatic carbocycles. The summed E-state index contributed by atoms with van der Waals surface area (Å²) in [4.78, 5) is 27.6.